The molecule has 0 saturated carbocycles. The van der Waals surface area contributed by atoms with Crippen molar-refractivity contribution in [3.8, 4) is 0 Å². The number of esters is 4. The van der Waals surface area contributed by atoms with E-state index in [1.54, 1.807) is 0 Å². The molecule has 3 N–H and O–H groups in total. The van der Waals surface area contributed by atoms with Crippen LogP contribution in [-0.4, -0.2) is 96.7 Å². The topological polar surface area (TPSA) is 237 Å². The van der Waals surface area contributed by atoms with E-state index >= 15 is 0 Å². The van der Waals surface area contributed by atoms with E-state index in [1.165, 1.54) is 89.9 Å². The summed E-state index contributed by atoms with van der Waals surface area (Å²) < 4.78 is 67.8. The third kappa shape index (κ3) is 56.9. The molecule has 19 heteroatoms. The molecule has 0 heterocycles. The molecule has 0 aliphatic rings. The Morgan fingerprint density at radius 3 is 0.765 bits per heavy atom. The average molecular weight is 1200 g/mol. The minimum Gasteiger partial charge on any atom is -0.462 e. The van der Waals surface area contributed by atoms with E-state index in [0.29, 0.717) is 37.5 Å². The van der Waals surface area contributed by atoms with Crippen molar-refractivity contribution in [2.24, 2.45) is 23.7 Å². The van der Waals surface area contributed by atoms with Gasteiger partial charge in [-0.3, -0.25) is 37.3 Å². The molecule has 0 amide bonds. The maximum absolute atomic E-state index is 12.9. The molecule has 81 heavy (non-hydrogen) atoms. The summed E-state index contributed by atoms with van der Waals surface area (Å²) in [5.41, 5.74) is 0. The zero-order valence-corrected chi connectivity index (χ0v) is 54.2. The van der Waals surface area contributed by atoms with Crippen LogP contribution >= 0.6 is 15.6 Å². The highest BCUT2D eigenvalue weighted by atomic mass is 31.2. The van der Waals surface area contributed by atoms with Crippen LogP contribution in [0.3, 0.4) is 0 Å². The molecule has 0 aromatic rings. The van der Waals surface area contributed by atoms with E-state index in [0.717, 1.165) is 108 Å². The van der Waals surface area contributed by atoms with Gasteiger partial charge in [-0.05, 0) is 49.4 Å². The number of unbranched alkanes of at least 4 members (excludes halogenated alkanes) is 25. The Morgan fingerprint density at radius 2 is 0.519 bits per heavy atom. The number of phosphoric ester groups is 2. The number of aliphatic hydroxyl groups excluding tert-OH is 1. The first-order valence-electron chi connectivity index (χ1n) is 32.2. The van der Waals surface area contributed by atoms with Gasteiger partial charge < -0.3 is 33.8 Å². The summed E-state index contributed by atoms with van der Waals surface area (Å²) in [6.07, 6.45) is 31.1. The standard InChI is InChI=1S/C62H120O17P2/c1-52(2)38-30-22-14-10-9-11-17-28-36-44-61(66)78-57(49-73-60(65)43-35-27-20-18-24-32-40-54(5)6)50-76-80(68,69)74-46-56(63)47-75-81(70,71)77-51-58(79-62(67)45-37-29-21-19-25-33-41-55(7)8)48-72-59(64)42-34-26-16-13-12-15-23-31-39-53(3)4/h52-58,63H,9-51H2,1-8H3,(H,68,69)(H,70,71)/t56-,57+,58+/m0/s1. The van der Waals surface area contributed by atoms with Crippen molar-refractivity contribution in [1.29, 1.82) is 0 Å². The van der Waals surface area contributed by atoms with Crippen LogP contribution in [0.5, 0.6) is 0 Å². The second-order valence-electron chi connectivity index (χ2n) is 24.3. The van der Waals surface area contributed by atoms with E-state index in [9.17, 15) is 43.2 Å². The summed E-state index contributed by atoms with van der Waals surface area (Å²) in [5.74, 6) is 0.664. The van der Waals surface area contributed by atoms with Gasteiger partial charge in [0.2, 0.25) is 0 Å². The molecular formula is C62H120O17P2. The Hall–Kier alpha value is -1.94. The third-order valence-electron chi connectivity index (χ3n) is 14.1. The second-order valence-corrected chi connectivity index (χ2v) is 27.3. The SMILES string of the molecule is CC(C)CCCCCCCCCCCC(=O)O[C@H](COC(=O)CCCCCCCCC(C)C)COP(=O)(O)OC[C@H](O)COP(=O)(O)OC[C@@H](COC(=O)CCCCCCCCCCC(C)C)OC(=O)CCCCCCCCC(C)C. The van der Waals surface area contributed by atoms with Gasteiger partial charge in [0.25, 0.3) is 0 Å². The predicted octanol–water partition coefficient (Wildman–Crippen LogP) is 16.6. The summed E-state index contributed by atoms with van der Waals surface area (Å²) in [6.45, 7) is 13.8. The molecule has 0 fully saturated rings. The Morgan fingerprint density at radius 1 is 0.309 bits per heavy atom. The lowest BCUT2D eigenvalue weighted by atomic mass is 10.0. The number of ether oxygens (including phenoxy) is 4. The number of rotatable bonds is 59. The van der Waals surface area contributed by atoms with E-state index in [4.69, 9.17) is 37.0 Å². The van der Waals surface area contributed by atoms with Gasteiger partial charge in [0.05, 0.1) is 26.4 Å². The second kappa shape index (κ2) is 52.4. The highest BCUT2D eigenvalue weighted by Crippen LogP contribution is 2.45. The normalized spacial score (nSPS) is 14.5. The minimum absolute atomic E-state index is 0.101. The number of carbonyl (C=O) groups is 4. The molecule has 0 bridgehead atoms. The summed E-state index contributed by atoms with van der Waals surface area (Å²) >= 11 is 0. The zero-order valence-electron chi connectivity index (χ0n) is 52.4. The molecule has 0 aliphatic heterocycles. The molecule has 480 valence electrons. The lowest BCUT2D eigenvalue weighted by molar-refractivity contribution is -0.161. The van der Waals surface area contributed by atoms with Crippen molar-refractivity contribution in [2.45, 2.75) is 311 Å². The number of hydrogen-bond acceptors (Lipinski definition) is 15. The van der Waals surface area contributed by atoms with Crippen LogP contribution in [-0.2, 0) is 65.4 Å². The Balaban J connectivity index is 5.24. The Labute approximate surface area is 492 Å². The van der Waals surface area contributed by atoms with Crippen molar-refractivity contribution >= 4 is 39.5 Å². The quantitative estimate of drug-likeness (QED) is 0.0222. The van der Waals surface area contributed by atoms with Crippen LogP contribution in [0.1, 0.15) is 293 Å². The van der Waals surface area contributed by atoms with Gasteiger partial charge in [0, 0.05) is 25.7 Å². The molecule has 2 unspecified atom stereocenters. The number of carbonyl (C=O) groups excluding carboxylic acids is 4. The van der Waals surface area contributed by atoms with E-state index in [2.05, 4.69) is 55.4 Å². The molecule has 0 aromatic carbocycles. The molecule has 0 saturated heterocycles. The molecule has 17 nitrogen and oxygen atoms in total. The van der Waals surface area contributed by atoms with Crippen LogP contribution in [0.4, 0.5) is 0 Å². The first kappa shape index (κ1) is 79.1. The van der Waals surface area contributed by atoms with Crippen LogP contribution in [0.15, 0.2) is 0 Å². The monoisotopic (exact) mass is 1200 g/mol. The van der Waals surface area contributed by atoms with Gasteiger partial charge in [-0.2, -0.15) is 0 Å². The third-order valence-corrected chi connectivity index (χ3v) is 16.0. The van der Waals surface area contributed by atoms with Crippen LogP contribution < -0.4 is 0 Å². The fourth-order valence-corrected chi connectivity index (χ4v) is 10.7. The van der Waals surface area contributed by atoms with Crippen LogP contribution in [0, 0.1) is 23.7 Å². The maximum atomic E-state index is 12.9. The molecular weight excluding hydrogens is 1080 g/mol. The summed E-state index contributed by atoms with van der Waals surface area (Å²) in [4.78, 5) is 72.0. The van der Waals surface area contributed by atoms with Crippen LogP contribution in [0.2, 0.25) is 0 Å². The van der Waals surface area contributed by atoms with Gasteiger partial charge in [-0.25, -0.2) is 9.13 Å². The fourth-order valence-electron chi connectivity index (χ4n) is 9.08. The summed E-state index contributed by atoms with van der Waals surface area (Å²) in [6, 6.07) is 0. The Bertz CT molecular complexity index is 1630. The van der Waals surface area contributed by atoms with Crippen molar-refractivity contribution in [3.05, 3.63) is 0 Å². The molecule has 0 rings (SSSR count). The first-order valence-corrected chi connectivity index (χ1v) is 35.2. The molecule has 0 aromatic heterocycles. The maximum Gasteiger partial charge on any atom is 0.472 e. The van der Waals surface area contributed by atoms with E-state index in [-0.39, 0.29) is 25.7 Å². The predicted molar refractivity (Wildman–Crippen MR) is 321 cm³/mol. The molecule has 0 radical (unpaired) electrons. The van der Waals surface area contributed by atoms with Gasteiger partial charge in [0.15, 0.2) is 12.2 Å². The highest BCUT2D eigenvalue weighted by molar-refractivity contribution is 7.47. The van der Waals surface area contributed by atoms with Gasteiger partial charge in [-0.15, -0.1) is 0 Å². The average Bonchev–Trinajstić information content (AvgIpc) is 3.40. The van der Waals surface area contributed by atoms with Crippen molar-refractivity contribution in [2.75, 3.05) is 39.6 Å². The largest absolute Gasteiger partial charge is 0.472 e. The minimum atomic E-state index is -4.94. The number of phosphoric acid groups is 2. The van der Waals surface area contributed by atoms with Gasteiger partial charge >= 0.3 is 39.5 Å². The zero-order chi connectivity index (χ0) is 60.4. The lowest BCUT2D eigenvalue weighted by Gasteiger charge is -2.21. The van der Waals surface area contributed by atoms with Crippen molar-refractivity contribution in [1.82, 2.24) is 0 Å². The first-order chi connectivity index (χ1) is 38.6. The van der Waals surface area contributed by atoms with Crippen LogP contribution in [0.25, 0.3) is 0 Å². The number of aliphatic hydroxyl groups is 1. The van der Waals surface area contributed by atoms with Crippen molar-refractivity contribution in [3.63, 3.8) is 0 Å². The smallest absolute Gasteiger partial charge is 0.462 e. The van der Waals surface area contributed by atoms with Crippen molar-refractivity contribution < 1.29 is 80.2 Å². The number of hydrogen-bond donors (Lipinski definition) is 3. The van der Waals surface area contributed by atoms with E-state index < -0.39 is 97.5 Å². The lowest BCUT2D eigenvalue weighted by Crippen LogP contribution is -2.30. The van der Waals surface area contributed by atoms with Gasteiger partial charge in [-0.1, -0.05) is 242 Å². The highest BCUT2D eigenvalue weighted by Gasteiger charge is 2.30. The van der Waals surface area contributed by atoms with E-state index in [1.807, 2.05) is 0 Å². The molecule has 0 aliphatic carbocycles. The summed E-state index contributed by atoms with van der Waals surface area (Å²) in [5, 5.41) is 10.5. The molecule has 5 atom stereocenters. The summed E-state index contributed by atoms with van der Waals surface area (Å²) in [7, 11) is -9.88. The Kier molecular flexibility index (Phi) is 51.1. The molecule has 0 spiro atoms. The fraction of sp³-hybridized carbons (Fsp3) is 0.935. The van der Waals surface area contributed by atoms with Gasteiger partial charge in [0.1, 0.15) is 19.3 Å².